The first-order chi connectivity index (χ1) is 10.6. The summed E-state index contributed by atoms with van der Waals surface area (Å²) in [6.07, 6.45) is 3.34. The fraction of sp³-hybridized carbons (Fsp3) is 0.571. The summed E-state index contributed by atoms with van der Waals surface area (Å²) >= 11 is 5.24. The lowest BCUT2D eigenvalue weighted by Gasteiger charge is -2.37. The zero-order valence-electron chi connectivity index (χ0n) is 12.2. The van der Waals surface area contributed by atoms with Crippen LogP contribution in [0, 0.1) is 0 Å². The van der Waals surface area contributed by atoms with Gasteiger partial charge in [-0.3, -0.25) is 4.79 Å². The van der Waals surface area contributed by atoms with E-state index in [1.54, 1.807) is 12.3 Å². The Morgan fingerprint density at radius 3 is 2.91 bits per heavy atom. The van der Waals surface area contributed by atoms with Crippen LogP contribution in [0.15, 0.2) is 16.7 Å². The van der Waals surface area contributed by atoms with E-state index < -0.39 is 5.91 Å². The lowest BCUT2D eigenvalue weighted by Crippen LogP contribution is -2.44. The lowest BCUT2D eigenvalue weighted by molar-refractivity contribution is -0.0542. The van der Waals surface area contributed by atoms with Crippen molar-refractivity contribution in [2.24, 2.45) is 5.73 Å². The van der Waals surface area contributed by atoms with Crippen molar-refractivity contribution in [3.05, 3.63) is 22.4 Å². The van der Waals surface area contributed by atoms with Gasteiger partial charge in [-0.2, -0.15) is 11.8 Å². The molecule has 8 heteroatoms. The second-order valence-corrected chi connectivity index (χ2v) is 7.28. The summed E-state index contributed by atoms with van der Waals surface area (Å²) in [5.41, 5.74) is 5.84. The number of halogens is 1. The molecule has 0 spiro atoms. The summed E-state index contributed by atoms with van der Waals surface area (Å²) in [6.45, 7) is 0.859. The molecule has 6 nitrogen and oxygen atoms in total. The Morgan fingerprint density at radius 1 is 1.55 bits per heavy atom. The van der Waals surface area contributed by atoms with E-state index in [0.29, 0.717) is 18.8 Å². The van der Waals surface area contributed by atoms with Gasteiger partial charge in [0.05, 0.1) is 24.5 Å². The molecule has 0 aromatic carbocycles. The highest BCUT2D eigenvalue weighted by Gasteiger charge is 2.33. The molecule has 0 atom stereocenters. The molecule has 1 aromatic heterocycles. The molecule has 0 saturated carbocycles. The van der Waals surface area contributed by atoms with E-state index in [-0.39, 0.29) is 17.9 Å². The summed E-state index contributed by atoms with van der Waals surface area (Å²) in [5, 5.41) is 12.3. The third kappa shape index (κ3) is 4.58. The molecule has 2 heterocycles. The maximum atomic E-state index is 11.5. The van der Waals surface area contributed by atoms with Crippen molar-refractivity contribution >= 4 is 39.3 Å². The molecule has 1 saturated heterocycles. The van der Waals surface area contributed by atoms with Crippen LogP contribution in [0.1, 0.15) is 23.3 Å². The second-order valence-electron chi connectivity index (χ2n) is 5.13. The lowest BCUT2D eigenvalue weighted by atomic mass is 9.96. The van der Waals surface area contributed by atoms with E-state index in [9.17, 15) is 4.79 Å². The van der Waals surface area contributed by atoms with Gasteiger partial charge >= 0.3 is 0 Å². The van der Waals surface area contributed by atoms with Crippen molar-refractivity contribution in [1.29, 1.82) is 0 Å². The summed E-state index contributed by atoms with van der Waals surface area (Å²) in [6, 6.07) is 1.78. The number of rotatable bonds is 7. The smallest absolute Gasteiger partial charge is 0.269 e. The predicted octanol–water partition coefficient (Wildman–Crippen LogP) is 1.63. The fourth-order valence-corrected chi connectivity index (χ4v) is 3.97. The SMILES string of the molecule is NC(=O)c1ncc(Br)cc1NCC1(OCCO)CCSCC1. The fourth-order valence-electron chi connectivity index (χ4n) is 2.40. The molecular formula is C14H20BrN3O3S. The number of primary amides is 1. The van der Waals surface area contributed by atoms with Crippen molar-refractivity contribution in [2.45, 2.75) is 18.4 Å². The number of nitrogens with two attached hydrogens (primary N) is 1. The monoisotopic (exact) mass is 389 g/mol. The molecule has 0 bridgehead atoms. The zero-order valence-corrected chi connectivity index (χ0v) is 14.6. The molecule has 1 aliphatic rings. The average Bonchev–Trinajstić information content (AvgIpc) is 2.52. The number of amides is 1. The molecule has 0 unspecified atom stereocenters. The van der Waals surface area contributed by atoms with Gasteiger partial charge in [-0.1, -0.05) is 0 Å². The third-order valence-electron chi connectivity index (χ3n) is 3.59. The molecular weight excluding hydrogens is 370 g/mol. The minimum Gasteiger partial charge on any atom is -0.394 e. The van der Waals surface area contributed by atoms with Crippen LogP contribution < -0.4 is 11.1 Å². The largest absolute Gasteiger partial charge is 0.394 e. The number of aliphatic hydroxyl groups excluding tert-OH is 1. The number of hydrogen-bond acceptors (Lipinski definition) is 6. The number of aromatic nitrogens is 1. The topological polar surface area (TPSA) is 97.5 Å². The van der Waals surface area contributed by atoms with Crippen LogP contribution >= 0.6 is 27.7 Å². The molecule has 0 aliphatic carbocycles. The number of ether oxygens (including phenoxy) is 1. The van der Waals surface area contributed by atoms with Crippen molar-refractivity contribution in [2.75, 3.05) is 36.6 Å². The highest BCUT2D eigenvalue weighted by Crippen LogP contribution is 2.31. The normalized spacial score (nSPS) is 17.2. The Hall–Kier alpha value is -0.830. The Bertz CT molecular complexity index is 524. The molecule has 0 radical (unpaired) electrons. The van der Waals surface area contributed by atoms with Gasteiger partial charge < -0.3 is 20.9 Å². The number of nitrogens with zero attached hydrogens (tertiary/aromatic N) is 1. The van der Waals surface area contributed by atoms with Crippen molar-refractivity contribution in [3.8, 4) is 0 Å². The minimum atomic E-state index is -0.570. The third-order valence-corrected chi connectivity index (χ3v) is 5.01. The van der Waals surface area contributed by atoms with E-state index in [0.717, 1.165) is 28.8 Å². The van der Waals surface area contributed by atoms with Crippen LogP contribution in [-0.2, 0) is 4.74 Å². The Labute approximate surface area is 142 Å². The number of carbonyl (C=O) groups excluding carboxylic acids is 1. The number of thioether (sulfide) groups is 1. The van der Waals surface area contributed by atoms with Crippen molar-refractivity contribution in [1.82, 2.24) is 4.98 Å². The van der Waals surface area contributed by atoms with Gasteiger partial charge in [0, 0.05) is 17.2 Å². The Balaban J connectivity index is 2.11. The highest BCUT2D eigenvalue weighted by atomic mass is 79.9. The summed E-state index contributed by atoms with van der Waals surface area (Å²) in [4.78, 5) is 15.5. The number of carbonyl (C=O) groups is 1. The van der Waals surface area contributed by atoms with Crippen LogP contribution in [0.3, 0.4) is 0 Å². The van der Waals surface area contributed by atoms with E-state index >= 15 is 0 Å². The second kappa shape index (κ2) is 8.14. The first-order valence-electron chi connectivity index (χ1n) is 7.08. The van der Waals surface area contributed by atoms with Crippen molar-refractivity contribution < 1.29 is 14.6 Å². The van der Waals surface area contributed by atoms with Gasteiger partial charge in [0.1, 0.15) is 0 Å². The number of anilines is 1. The number of aliphatic hydroxyl groups is 1. The van der Waals surface area contributed by atoms with E-state index in [1.165, 1.54) is 0 Å². The summed E-state index contributed by atoms with van der Waals surface area (Å²) in [5.74, 6) is 1.47. The van der Waals surface area contributed by atoms with Gasteiger partial charge in [0.2, 0.25) is 0 Å². The molecule has 1 aromatic rings. The molecule has 1 amide bonds. The van der Waals surface area contributed by atoms with Gasteiger partial charge in [0.25, 0.3) is 5.91 Å². The summed E-state index contributed by atoms with van der Waals surface area (Å²) < 4.78 is 6.67. The quantitative estimate of drug-likeness (QED) is 0.655. The molecule has 122 valence electrons. The van der Waals surface area contributed by atoms with Crippen molar-refractivity contribution in [3.63, 3.8) is 0 Å². The maximum Gasteiger partial charge on any atom is 0.269 e. The van der Waals surface area contributed by atoms with Crippen LogP contribution in [0.25, 0.3) is 0 Å². The van der Waals surface area contributed by atoms with E-state index in [4.69, 9.17) is 15.6 Å². The first kappa shape index (κ1) is 17.5. The van der Waals surface area contributed by atoms with E-state index in [2.05, 4.69) is 26.2 Å². The zero-order chi connectivity index (χ0) is 16.0. The van der Waals surface area contributed by atoms with Gasteiger partial charge in [-0.15, -0.1) is 0 Å². The minimum absolute atomic E-state index is 0.000129. The van der Waals surface area contributed by atoms with Crippen LogP contribution in [0.5, 0.6) is 0 Å². The standard InChI is InChI=1S/C14H20BrN3O3S/c15-10-7-11(12(13(16)20)17-8-10)18-9-14(21-4-3-19)1-5-22-6-2-14/h7-8,18-19H,1-6,9H2,(H2,16,20). The Kier molecular flexibility index (Phi) is 6.49. The number of hydrogen-bond donors (Lipinski definition) is 3. The number of nitrogens with one attached hydrogen (secondary N) is 1. The van der Waals surface area contributed by atoms with Gasteiger partial charge in [-0.05, 0) is 46.3 Å². The predicted molar refractivity (Wildman–Crippen MR) is 91.3 cm³/mol. The van der Waals surface area contributed by atoms with Gasteiger partial charge in [-0.25, -0.2) is 4.98 Å². The van der Waals surface area contributed by atoms with E-state index in [1.807, 2.05) is 11.8 Å². The molecule has 22 heavy (non-hydrogen) atoms. The number of pyridine rings is 1. The first-order valence-corrected chi connectivity index (χ1v) is 9.03. The maximum absolute atomic E-state index is 11.5. The Morgan fingerprint density at radius 2 is 2.27 bits per heavy atom. The molecule has 2 rings (SSSR count). The molecule has 4 N–H and O–H groups in total. The molecule has 1 aliphatic heterocycles. The van der Waals surface area contributed by atoms with Crippen LogP contribution in [0.4, 0.5) is 5.69 Å². The average molecular weight is 390 g/mol. The van der Waals surface area contributed by atoms with Crippen LogP contribution in [-0.4, -0.2) is 52.9 Å². The highest BCUT2D eigenvalue weighted by molar-refractivity contribution is 9.10. The van der Waals surface area contributed by atoms with Gasteiger partial charge in [0.15, 0.2) is 5.69 Å². The van der Waals surface area contributed by atoms with Crippen LogP contribution in [0.2, 0.25) is 0 Å². The molecule has 1 fully saturated rings. The summed E-state index contributed by atoms with van der Waals surface area (Å²) in [7, 11) is 0.